The summed E-state index contributed by atoms with van der Waals surface area (Å²) in [4.78, 5) is 2.34. The van der Waals surface area contributed by atoms with Gasteiger partial charge in [0.25, 0.3) is 0 Å². The predicted octanol–water partition coefficient (Wildman–Crippen LogP) is 0.542. The van der Waals surface area contributed by atoms with Gasteiger partial charge in [-0.3, -0.25) is 4.90 Å². The van der Waals surface area contributed by atoms with Crippen LogP contribution in [-0.2, 0) is 0 Å². The average Bonchev–Trinajstić information content (AvgIpc) is 2.06. The first kappa shape index (κ1) is 6.16. The Hall–Kier alpha value is -0.570. The van der Waals surface area contributed by atoms with Gasteiger partial charge in [0.05, 0.1) is 5.71 Å². The van der Waals surface area contributed by atoms with Crippen LogP contribution in [0, 0.1) is 5.92 Å². The molecule has 3 heterocycles. The van der Waals surface area contributed by atoms with E-state index in [4.69, 9.17) is 5.21 Å². The number of oxime groups is 1. The van der Waals surface area contributed by atoms with E-state index in [0.717, 1.165) is 12.3 Å². The molecule has 0 radical (unpaired) electrons. The van der Waals surface area contributed by atoms with Gasteiger partial charge in [-0.05, 0) is 25.9 Å². The van der Waals surface area contributed by atoms with Crippen molar-refractivity contribution in [2.45, 2.75) is 12.8 Å². The van der Waals surface area contributed by atoms with Crippen LogP contribution in [0.2, 0.25) is 0 Å². The molecule has 0 amide bonds. The van der Waals surface area contributed by atoms with Gasteiger partial charge in [-0.25, -0.2) is 0 Å². The zero-order chi connectivity index (χ0) is 6.97. The van der Waals surface area contributed by atoms with Crippen LogP contribution in [0.15, 0.2) is 5.16 Å². The van der Waals surface area contributed by atoms with Crippen molar-refractivity contribution < 1.29 is 5.21 Å². The van der Waals surface area contributed by atoms with Crippen molar-refractivity contribution in [3.05, 3.63) is 0 Å². The summed E-state index contributed by atoms with van der Waals surface area (Å²) in [5, 5.41) is 11.9. The van der Waals surface area contributed by atoms with E-state index in [2.05, 4.69) is 10.1 Å². The predicted molar refractivity (Wildman–Crippen MR) is 38.4 cm³/mol. The van der Waals surface area contributed by atoms with Crippen LogP contribution >= 0.6 is 0 Å². The molecule has 0 aromatic carbocycles. The Labute approximate surface area is 60.3 Å². The summed E-state index contributed by atoms with van der Waals surface area (Å²) in [7, 11) is 0. The topological polar surface area (TPSA) is 35.8 Å². The molecule has 1 N–H and O–H groups in total. The molecule has 3 saturated heterocycles. The molecule has 3 aliphatic heterocycles. The molecule has 3 rings (SSSR count). The Morgan fingerprint density at radius 1 is 1.40 bits per heavy atom. The Balaban J connectivity index is 2.15. The second kappa shape index (κ2) is 2.23. The lowest BCUT2D eigenvalue weighted by molar-refractivity contribution is 0.190. The fourth-order valence-electron chi connectivity index (χ4n) is 1.90. The lowest BCUT2D eigenvalue weighted by Crippen LogP contribution is -2.47. The Morgan fingerprint density at radius 2 is 2.10 bits per heavy atom. The van der Waals surface area contributed by atoms with Gasteiger partial charge >= 0.3 is 0 Å². The van der Waals surface area contributed by atoms with Gasteiger partial charge in [0.15, 0.2) is 0 Å². The molecule has 0 aromatic rings. The first-order valence-corrected chi connectivity index (χ1v) is 3.83. The zero-order valence-corrected chi connectivity index (χ0v) is 5.95. The summed E-state index contributed by atoms with van der Waals surface area (Å²) >= 11 is 0. The van der Waals surface area contributed by atoms with E-state index in [1.165, 1.54) is 25.9 Å². The van der Waals surface area contributed by atoms with E-state index >= 15 is 0 Å². The van der Waals surface area contributed by atoms with Crippen molar-refractivity contribution in [1.29, 1.82) is 0 Å². The minimum absolute atomic E-state index is 0.593. The number of rotatable bonds is 0. The van der Waals surface area contributed by atoms with Crippen molar-refractivity contribution in [2.75, 3.05) is 19.6 Å². The van der Waals surface area contributed by atoms with E-state index in [1.807, 2.05) is 0 Å². The fraction of sp³-hybridized carbons (Fsp3) is 0.857. The lowest BCUT2D eigenvalue weighted by atomic mass is 9.87. The van der Waals surface area contributed by atoms with Crippen molar-refractivity contribution in [2.24, 2.45) is 11.1 Å². The number of fused-ring (bicyclic) bond motifs is 3. The molecular weight excluding hydrogens is 128 g/mol. The van der Waals surface area contributed by atoms with Gasteiger partial charge < -0.3 is 5.21 Å². The highest BCUT2D eigenvalue weighted by atomic mass is 16.4. The Kier molecular flexibility index (Phi) is 1.38. The van der Waals surface area contributed by atoms with Gasteiger partial charge in [0.1, 0.15) is 0 Å². The third-order valence-electron chi connectivity index (χ3n) is 2.57. The third kappa shape index (κ3) is 0.814. The van der Waals surface area contributed by atoms with Crippen LogP contribution < -0.4 is 0 Å². The summed E-state index contributed by atoms with van der Waals surface area (Å²) in [6, 6.07) is 0. The van der Waals surface area contributed by atoms with Crippen molar-refractivity contribution >= 4 is 5.71 Å². The number of hydrogen-bond acceptors (Lipinski definition) is 3. The van der Waals surface area contributed by atoms with Gasteiger partial charge in [-0.15, -0.1) is 0 Å². The normalized spacial score (nSPS) is 42.6. The highest BCUT2D eigenvalue weighted by Gasteiger charge is 2.30. The van der Waals surface area contributed by atoms with Crippen molar-refractivity contribution in [3.8, 4) is 0 Å². The second-order valence-electron chi connectivity index (χ2n) is 3.14. The van der Waals surface area contributed by atoms with Gasteiger partial charge in [0, 0.05) is 12.5 Å². The Morgan fingerprint density at radius 3 is 2.40 bits per heavy atom. The standard InChI is InChI=1S/C7H12N2O/c10-8-7-5-9-3-1-6(7)2-4-9/h6,10H,1-5H2/b8-7+. The smallest absolute Gasteiger partial charge is 0.0742 e. The molecule has 2 bridgehead atoms. The quantitative estimate of drug-likeness (QED) is 0.394. The molecule has 0 atom stereocenters. The van der Waals surface area contributed by atoms with Gasteiger partial charge in [0.2, 0.25) is 0 Å². The molecule has 3 nitrogen and oxygen atoms in total. The highest BCUT2D eigenvalue weighted by Crippen LogP contribution is 2.24. The van der Waals surface area contributed by atoms with E-state index < -0.39 is 0 Å². The molecule has 10 heavy (non-hydrogen) atoms. The molecule has 56 valence electrons. The van der Waals surface area contributed by atoms with E-state index in [1.54, 1.807) is 0 Å². The molecule has 3 heteroatoms. The van der Waals surface area contributed by atoms with Crippen LogP contribution in [0.3, 0.4) is 0 Å². The summed E-state index contributed by atoms with van der Waals surface area (Å²) in [6.07, 6.45) is 2.39. The first-order valence-electron chi connectivity index (χ1n) is 3.83. The summed E-state index contributed by atoms with van der Waals surface area (Å²) < 4.78 is 0. The molecular formula is C7H12N2O. The molecule has 0 saturated carbocycles. The summed E-state index contributed by atoms with van der Waals surface area (Å²) in [5.41, 5.74) is 0.998. The van der Waals surface area contributed by atoms with Crippen molar-refractivity contribution in [3.63, 3.8) is 0 Å². The molecule has 3 fully saturated rings. The van der Waals surface area contributed by atoms with Gasteiger partial charge in [-0.1, -0.05) is 5.16 Å². The largest absolute Gasteiger partial charge is 0.411 e. The molecule has 0 spiro atoms. The molecule has 0 aromatic heterocycles. The van der Waals surface area contributed by atoms with Crippen LogP contribution in [0.1, 0.15) is 12.8 Å². The van der Waals surface area contributed by atoms with Crippen molar-refractivity contribution in [1.82, 2.24) is 4.90 Å². The van der Waals surface area contributed by atoms with Crippen LogP contribution in [0.4, 0.5) is 0 Å². The average molecular weight is 140 g/mol. The van der Waals surface area contributed by atoms with E-state index in [0.29, 0.717) is 5.92 Å². The lowest BCUT2D eigenvalue weighted by Gasteiger charge is -2.39. The minimum Gasteiger partial charge on any atom is -0.411 e. The monoisotopic (exact) mass is 140 g/mol. The first-order chi connectivity index (χ1) is 4.90. The highest BCUT2D eigenvalue weighted by molar-refractivity contribution is 5.89. The fourth-order valence-corrected chi connectivity index (χ4v) is 1.90. The number of piperidine rings is 3. The van der Waals surface area contributed by atoms with Crippen LogP contribution in [-0.4, -0.2) is 35.5 Å². The minimum atomic E-state index is 0.593. The maximum atomic E-state index is 8.57. The molecule has 3 aliphatic rings. The third-order valence-corrected chi connectivity index (χ3v) is 2.57. The Bertz CT molecular complexity index is 159. The number of hydrogen-bond donors (Lipinski definition) is 1. The van der Waals surface area contributed by atoms with Crippen LogP contribution in [0.5, 0.6) is 0 Å². The second-order valence-corrected chi connectivity index (χ2v) is 3.14. The maximum Gasteiger partial charge on any atom is 0.0742 e. The van der Waals surface area contributed by atoms with Gasteiger partial charge in [-0.2, -0.15) is 0 Å². The SMILES string of the molecule is O/N=C1\CN2CCC1CC2. The van der Waals surface area contributed by atoms with E-state index in [9.17, 15) is 0 Å². The van der Waals surface area contributed by atoms with E-state index in [-0.39, 0.29) is 0 Å². The summed E-state index contributed by atoms with van der Waals surface area (Å²) in [6.45, 7) is 3.30. The molecule has 0 aliphatic carbocycles. The van der Waals surface area contributed by atoms with Crippen LogP contribution in [0.25, 0.3) is 0 Å². The summed E-state index contributed by atoms with van der Waals surface area (Å²) in [5.74, 6) is 0.593. The maximum absolute atomic E-state index is 8.57. The number of nitrogens with zero attached hydrogens (tertiary/aromatic N) is 2. The molecule has 0 unspecified atom stereocenters. The zero-order valence-electron chi connectivity index (χ0n) is 5.95.